The number of nitrogens with one attached hydrogen (secondary N) is 4. The monoisotopic (exact) mass is 567 g/mol. The first-order valence-electron chi connectivity index (χ1n) is 13.1. The summed E-state index contributed by atoms with van der Waals surface area (Å²) in [5, 5.41) is 20.3. The maximum absolute atomic E-state index is 13.1. The summed E-state index contributed by atoms with van der Waals surface area (Å²) >= 11 is 0. The number of rotatable bonds is 10. The molecule has 0 radical (unpaired) electrons. The van der Waals surface area contributed by atoms with Crippen LogP contribution in [0.5, 0.6) is 11.5 Å². The van der Waals surface area contributed by atoms with Gasteiger partial charge in [0.05, 0.1) is 12.2 Å². The van der Waals surface area contributed by atoms with Gasteiger partial charge in [-0.1, -0.05) is 30.3 Å². The molecular formula is C28H34ClN7O4. The van der Waals surface area contributed by atoms with E-state index in [4.69, 9.17) is 20.6 Å². The van der Waals surface area contributed by atoms with Gasteiger partial charge in [-0.15, -0.1) is 12.4 Å². The molecule has 2 aliphatic rings. The highest BCUT2D eigenvalue weighted by molar-refractivity contribution is 5.94. The predicted octanol–water partition coefficient (Wildman–Crippen LogP) is 2.27. The molecule has 1 aromatic heterocycles. The van der Waals surface area contributed by atoms with Crippen molar-refractivity contribution >= 4 is 30.1 Å². The number of likely N-dealkylation sites (tertiary alicyclic amines) is 1. The molecule has 40 heavy (non-hydrogen) atoms. The minimum Gasteiger partial charge on any atom is -0.454 e. The number of nitrogens with two attached hydrogens (primary N) is 1. The van der Waals surface area contributed by atoms with E-state index in [9.17, 15) is 9.59 Å². The van der Waals surface area contributed by atoms with E-state index in [1.165, 1.54) is 5.56 Å². The lowest BCUT2D eigenvalue weighted by Gasteiger charge is -2.32. The molecular weight excluding hydrogens is 534 g/mol. The van der Waals surface area contributed by atoms with Crippen LogP contribution in [0.1, 0.15) is 41.3 Å². The lowest BCUT2D eigenvalue weighted by atomic mass is 9.90. The molecule has 0 aliphatic carbocycles. The van der Waals surface area contributed by atoms with Crippen LogP contribution >= 0.6 is 12.4 Å². The summed E-state index contributed by atoms with van der Waals surface area (Å²) in [5.41, 5.74) is 8.90. The smallest absolute Gasteiger partial charge is 0.243 e. The molecule has 12 heteroatoms. The second-order valence-corrected chi connectivity index (χ2v) is 9.87. The number of halogens is 1. The number of ether oxygens (including phenoxy) is 2. The van der Waals surface area contributed by atoms with Crippen LogP contribution in [0.3, 0.4) is 0 Å². The van der Waals surface area contributed by atoms with Crippen molar-refractivity contribution in [3.63, 3.8) is 0 Å². The summed E-state index contributed by atoms with van der Waals surface area (Å²) in [6.45, 7) is 1.95. The normalized spacial score (nSPS) is 15.2. The van der Waals surface area contributed by atoms with Crippen molar-refractivity contribution in [3.8, 4) is 11.5 Å². The van der Waals surface area contributed by atoms with Gasteiger partial charge in [0, 0.05) is 31.4 Å². The van der Waals surface area contributed by atoms with E-state index >= 15 is 0 Å². The average molecular weight is 568 g/mol. The van der Waals surface area contributed by atoms with Crippen LogP contribution in [0.25, 0.3) is 0 Å². The third-order valence-corrected chi connectivity index (χ3v) is 7.21. The third kappa shape index (κ3) is 7.10. The number of amidine groups is 1. The molecule has 2 amide bonds. The van der Waals surface area contributed by atoms with E-state index < -0.39 is 6.04 Å². The highest BCUT2D eigenvalue weighted by Crippen LogP contribution is 2.34. The van der Waals surface area contributed by atoms with Gasteiger partial charge in [-0.2, -0.15) is 5.10 Å². The summed E-state index contributed by atoms with van der Waals surface area (Å²) in [6, 6.07) is 14.3. The fourth-order valence-corrected chi connectivity index (χ4v) is 4.96. The topological polar surface area (TPSA) is 158 Å². The van der Waals surface area contributed by atoms with Crippen molar-refractivity contribution in [3.05, 3.63) is 77.1 Å². The molecule has 6 N–H and O–H groups in total. The average Bonchev–Trinajstić information content (AvgIpc) is 3.65. The standard InChI is InChI=1S/C28H33N7O4.ClH/c29-27(30)21-4-1-19(2-5-21)15-31-26(22-7-10-33-34-22)28(37)32-16-25(36)35-11-8-18(9-12-35)13-20-3-6-23-24(14-20)39-17-38-23;/h1-7,10,14,18,26,31H,8-9,11-13,15-17H2,(H3,29,30)(H,32,37)(H,33,34);1H. The number of aromatic amines is 1. The Bertz CT molecular complexity index is 1310. The van der Waals surface area contributed by atoms with E-state index in [-0.39, 0.29) is 43.4 Å². The van der Waals surface area contributed by atoms with Gasteiger partial charge in [-0.05, 0) is 54.5 Å². The van der Waals surface area contributed by atoms with E-state index in [0.29, 0.717) is 36.8 Å². The Hall–Kier alpha value is -4.09. The first-order chi connectivity index (χ1) is 19.0. The number of carbonyl (C=O) groups excluding carboxylic acids is 2. The van der Waals surface area contributed by atoms with Crippen molar-refractivity contribution in [2.24, 2.45) is 11.7 Å². The minimum atomic E-state index is -0.708. The number of hydrogen-bond acceptors (Lipinski definition) is 7. The Labute approximate surface area is 238 Å². The second-order valence-electron chi connectivity index (χ2n) is 9.87. The summed E-state index contributed by atoms with van der Waals surface area (Å²) in [4.78, 5) is 27.8. The molecule has 3 heterocycles. The van der Waals surface area contributed by atoms with Gasteiger partial charge in [0.1, 0.15) is 11.9 Å². The van der Waals surface area contributed by atoms with E-state index in [0.717, 1.165) is 36.3 Å². The summed E-state index contributed by atoms with van der Waals surface area (Å²) < 4.78 is 10.9. The zero-order valence-electron chi connectivity index (χ0n) is 22.0. The first kappa shape index (κ1) is 28.9. The van der Waals surface area contributed by atoms with Crippen LogP contribution in [0.4, 0.5) is 0 Å². The molecule has 5 rings (SSSR count). The Morgan fingerprint density at radius 3 is 2.50 bits per heavy atom. The summed E-state index contributed by atoms with van der Waals surface area (Å²) in [7, 11) is 0. The SMILES string of the molecule is Cl.N=C(N)c1ccc(CNC(C(=O)NCC(=O)N2CCC(Cc3ccc4c(c3)OCO4)CC2)c2ccn[nH]2)cc1. The largest absolute Gasteiger partial charge is 0.454 e. The van der Waals surface area contributed by atoms with Crippen LogP contribution < -0.4 is 25.8 Å². The minimum absolute atomic E-state index is 0. The van der Waals surface area contributed by atoms with Gasteiger partial charge < -0.3 is 25.4 Å². The van der Waals surface area contributed by atoms with Gasteiger partial charge in [0.25, 0.3) is 0 Å². The Morgan fingerprint density at radius 1 is 1.07 bits per heavy atom. The third-order valence-electron chi connectivity index (χ3n) is 7.21. The number of aromatic nitrogens is 2. The Balaban J connectivity index is 0.00000370. The zero-order chi connectivity index (χ0) is 27.2. The molecule has 2 aliphatic heterocycles. The molecule has 0 saturated carbocycles. The maximum Gasteiger partial charge on any atom is 0.243 e. The maximum atomic E-state index is 13.1. The molecule has 0 bridgehead atoms. The Morgan fingerprint density at radius 2 is 1.80 bits per heavy atom. The summed E-state index contributed by atoms with van der Waals surface area (Å²) in [5.74, 6) is 1.67. The highest BCUT2D eigenvalue weighted by Gasteiger charge is 2.26. The Kier molecular flexibility index (Phi) is 9.62. The van der Waals surface area contributed by atoms with Crippen LogP contribution in [0.2, 0.25) is 0 Å². The van der Waals surface area contributed by atoms with Crippen LogP contribution in [0, 0.1) is 11.3 Å². The fraction of sp³-hybridized carbons (Fsp3) is 0.357. The van der Waals surface area contributed by atoms with Crippen LogP contribution in [-0.2, 0) is 22.6 Å². The van der Waals surface area contributed by atoms with Gasteiger partial charge in [0.15, 0.2) is 11.5 Å². The van der Waals surface area contributed by atoms with Crippen LogP contribution in [-0.4, -0.2) is 59.2 Å². The lowest BCUT2D eigenvalue weighted by Crippen LogP contribution is -2.46. The van der Waals surface area contributed by atoms with Gasteiger partial charge >= 0.3 is 0 Å². The number of carbonyl (C=O) groups is 2. The van der Waals surface area contributed by atoms with Crippen LogP contribution in [0.15, 0.2) is 54.7 Å². The molecule has 3 aromatic rings. The zero-order valence-corrected chi connectivity index (χ0v) is 22.8. The number of nitrogens with zero attached hydrogens (tertiary/aromatic N) is 2. The van der Waals surface area contributed by atoms with E-state index in [1.807, 2.05) is 29.2 Å². The van der Waals surface area contributed by atoms with Crippen molar-refractivity contribution < 1.29 is 19.1 Å². The van der Waals surface area contributed by atoms with E-state index in [1.54, 1.807) is 24.4 Å². The fourth-order valence-electron chi connectivity index (χ4n) is 4.96. The molecule has 1 fully saturated rings. The quantitative estimate of drug-likeness (QED) is 0.186. The second kappa shape index (κ2) is 13.3. The van der Waals surface area contributed by atoms with Gasteiger partial charge in [-0.3, -0.25) is 25.4 Å². The molecule has 0 spiro atoms. The number of piperidine rings is 1. The number of benzene rings is 2. The molecule has 1 unspecified atom stereocenters. The van der Waals surface area contributed by atoms with E-state index in [2.05, 4.69) is 26.9 Å². The first-order valence-corrected chi connectivity index (χ1v) is 13.1. The molecule has 1 saturated heterocycles. The van der Waals surface area contributed by atoms with Crippen molar-refractivity contribution in [1.29, 1.82) is 5.41 Å². The molecule has 212 valence electrons. The number of hydrogen-bond donors (Lipinski definition) is 5. The van der Waals surface area contributed by atoms with Gasteiger partial charge in [0.2, 0.25) is 18.6 Å². The van der Waals surface area contributed by atoms with Crippen molar-refractivity contribution in [2.75, 3.05) is 26.4 Å². The number of H-pyrrole nitrogens is 1. The number of amides is 2. The number of nitrogen functional groups attached to an aromatic ring is 1. The molecule has 11 nitrogen and oxygen atoms in total. The highest BCUT2D eigenvalue weighted by atomic mass is 35.5. The van der Waals surface area contributed by atoms with Crippen molar-refractivity contribution in [1.82, 2.24) is 25.7 Å². The number of fused-ring (bicyclic) bond motifs is 1. The summed E-state index contributed by atoms with van der Waals surface area (Å²) in [6.07, 6.45) is 4.34. The predicted molar refractivity (Wildman–Crippen MR) is 151 cm³/mol. The van der Waals surface area contributed by atoms with Gasteiger partial charge in [-0.25, -0.2) is 0 Å². The molecule has 2 aromatic carbocycles. The molecule has 1 atom stereocenters. The lowest BCUT2D eigenvalue weighted by molar-refractivity contribution is -0.134. The van der Waals surface area contributed by atoms with Crippen molar-refractivity contribution in [2.45, 2.75) is 31.8 Å².